The summed E-state index contributed by atoms with van der Waals surface area (Å²) in [5, 5.41) is 14.0. The fourth-order valence-corrected chi connectivity index (χ4v) is 5.65. The number of pyridine rings is 2. The molecule has 0 bridgehead atoms. The first kappa shape index (κ1) is 28.8. The number of nitrogens with zero attached hydrogens (tertiary/aromatic N) is 3. The van der Waals surface area contributed by atoms with E-state index in [2.05, 4.69) is 31.9 Å². The van der Waals surface area contributed by atoms with E-state index in [1.165, 1.54) is 0 Å². The second-order valence-electron chi connectivity index (χ2n) is 10.1. The average Bonchev–Trinajstić information content (AvgIpc) is 2.90. The lowest BCUT2D eigenvalue weighted by atomic mass is 9.71. The van der Waals surface area contributed by atoms with Gasteiger partial charge in [-0.25, -0.2) is 4.98 Å². The summed E-state index contributed by atoms with van der Waals surface area (Å²) in [5.41, 5.74) is 3.33. The minimum atomic E-state index is -1.39. The predicted molar refractivity (Wildman–Crippen MR) is 158 cm³/mol. The fourth-order valence-electron chi connectivity index (χ4n) is 5.27. The zero-order chi connectivity index (χ0) is 28.3. The van der Waals surface area contributed by atoms with Gasteiger partial charge in [0.25, 0.3) is 0 Å². The zero-order valence-corrected chi connectivity index (χ0v) is 25.2. The quantitative estimate of drug-likeness (QED) is 0.241. The third kappa shape index (κ3) is 5.88. The molecule has 39 heavy (non-hydrogen) atoms. The number of hydrogen-bond acceptors (Lipinski definition) is 7. The normalized spacial score (nSPS) is 13.8. The maximum atomic E-state index is 13.0. The first-order valence-corrected chi connectivity index (χ1v) is 13.6. The SMILES string of the molecule is COc1cccc(C(c2cc3cc(Br)ccc3nc2OC)C(O)(CCN(C)C)c2cc(C)nc(C)c2)c1OC. The van der Waals surface area contributed by atoms with Crippen LogP contribution in [0, 0.1) is 13.8 Å². The number of benzene rings is 2. The van der Waals surface area contributed by atoms with E-state index in [4.69, 9.17) is 19.2 Å². The van der Waals surface area contributed by atoms with Crippen molar-refractivity contribution in [3.63, 3.8) is 0 Å². The van der Waals surface area contributed by atoms with Gasteiger partial charge in [-0.3, -0.25) is 4.98 Å². The third-order valence-corrected chi connectivity index (χ3v) is 7.51. The highest BCUT2D eigenvalue weighted by molar-refractivity contribution is 9.10. The van der Waals surface area contributed by atoms with Crippen LogP contribution in [-0.2, 0) is 5.60 Å². The molecule has 2 aromatic heterocycles. The third-order valence-electron chi connectivity index (χ3n) is 7.02. The van der Waals surface area contributed by atoms with Crippen LogP contribution in [0.5, 0.6) is 17.4 Å². The summed E-state index contributed by atoms with van der Waals surface area (Å²) in [4.78, 5) is 11.5. The molecular weight excluding hydrogens is 558 g/mol. The summed E-state index contributed by atoms with van der Waals surface area (Å²) in [6.07, 6.45) is 0.424. The van der Waals surface area contributed by atoms with Gasteiger partial charge in [0.15, 0.2) is 11.5 Å². The van der Waals surface area contributed by atoms with Gasteiger partial charge in [-0.2, -0.15) is 0 Å². The molecule has 0 radical (unpaired) electrons. The molecule has 4 rings (SSSR count). The molecule has 7 nitrogen and oxygen atoms in total. The molecule has 0 fully saturated rings. The van der Waals surface area contributed by atoms with Gasteiger partial charge in [0, 0.05) is 38.9 Å². The molecule has 0 aliphatic heterocycles. The van der Waals surface area contributed by atoms with Crippen LogP contribution < -0.4 is 14.2 Å². The Balaban J connectivity index is 2.13. The molecular formula is C31H36BrN3O4. The van der Waals surface area contributed by atoms with Crippen LogP contribution in [0.1, 0.15) is 40.4 Å². The van der Waals surface area contributed by atoms with Crippen molar-refractivity contribution in [1.29, 1.82) is 0 Å². The standard InChI is InChI=1S/C31H36BrN3O4/c1-19-15-22(16-20(2)33-19)31(36,13-14-35(3)4)28(24-9-8-10-27(37-5)29(24)38-6)25-18-21-17-23(32)11-12-26(21)34-30(25)39-7/h8-12,15-18,28,36H,13-14H2,1-7H3. The molecule has 2 heterocycles. The van der Waals surface area contributed by atoms with Crippen molar-refractivity contribution < 1.29 is 19.3 Å². The smallest absolute Gasteiger partial charge is 0.217 e. The highest BCUT2D eigenvalue weighted by atomic mass is 79.9. The number of hydrogen-bond donors (Lipinski definition) is 1. The molecule has 8 heteroatoms. The van der Waals surface area contributed by atoms with Crippen LogP contribution in [0.15, 0.2) is 59.1 Å². The number of aromatic nitrogens is 2. The van der Waals surface area contributed by atoms with E-state index < -0.39 is 11.5 Å². The summed E-state index contributed by atoms with van der Waals surface area (Å²) >= 11 is 3.59. The van der Waals surface area contributed by atoms with Gasteiger partial charge < -0.3 is 24.2 Å². The molecule has 0 saturated heterocycles. The Morgan fingerprint density at radius 1 is 0.897 bits per heavy atom. The number of fused-ring (bicyclic) bond motifs is 1. The Labute approximate surface area is 238 Å². The molecule has 0 amide bonds. The molecule has 0 spiro atoms. The van der Waals surface area contributed by atoms with E-state index in [1.807, 2.05) is 76.5 Å². The van der Waals surface area contributed by atoms with Gasteiger partial charge in [0.05, 0.1) is 32.8 Å². The van der Waals surface area contributed by atoms with Crippen molar-refractivity contribution in [1.82, 2.24) is 14.9 Å². The lowest BCUT2D eigenvalue weighted by Gasteiger charge is -2.39. The number of aliphatic hydroxyl groups is 1. The van der Waals surface area contributed by atoms with Gasteiger partial charge in [-0.1, -0.05) is 28.1 Å². The molecule has 0 aliphatic rings. The van der Waals surface area contributed by atoms with Gasteiger partial charge in [-0.15, -0.1) is 0 Å². The van der Waals surface area contributed by atoms with Crippen LogP contribution in [0.4, 0.5) is 0 Å². The van der Waals surface area contributed by atoms with Crippen LogP contribution in [0.3, 0.4) is 0 Å². The van der Waals surface area contributed by atoms with E-state index in [-0.39, 0.29) is 0 Å². The number of methoxy groups -OCH3 is 3. The van der Waals surface area contributed by atoms with Crippen molar-refractivity contribution in [3.8, 4) is 17.4 Å². The van der Waals surface area contributed by atoms with Gasteiger partial charge in [0.1, 0.15) is 5.60 Å². The summed E-state index contributed by atoms with van der Waals surface area (Å²) < 4.78 is 18.4. The molecule has 206 valence electrons. The van der Waals surface area contributed by atoms with Crippen molar-refractivity contribution in [2.24, 2.45) is 0 Å². The lowest BCUT2D eigenvalue weighted by Crippen LogP contribution is -2.38. The molecule has 2 aromatic carbocycles. The maximum absolute atomic E-state index is 13.0. The van der Waals surface area contributed by atoms with E-state index in [1.54, 1.807) is 21.3 Å². The molecule has 4 aromatic rings. The fraction of sp³-hybridized carbons (Fsp3) is 0.355. The molecule has 2 unspecified atom stereocenters. The number of halogens is 1. The van der Waals surface area contributed by atoms with Gasteiger partial charge in [0.2, 0.25) is 5.88 Å². The van der Waals surface area contributed by atoms with Gasteiger partial charge in [-0.05, 0) is 82.4 Å². The number of ether oxygens (including phenoxy) is 3. The van der Waals surface area contributed by atoms with Crippen molar-refractivity contribution in [2.45, 2.75) is 31.8 Å². The Kier molecular flexibility index (Phi) is 8.79. The second kappa shape index (κ2) is 11.9. The molecule has 1 N–H and O–H groups in total. The minimum absolute atomic E-state index is 0.424. The second-order valence-corrected chi connectivity index (χ2v) is 11.0. The van der Waals surface area contributed by atoms with Crippen molar-refractivity contribution in [3.05, 3.63) is 87.1 Å². The van der Waals surface area contributed by atoms with Crippen LogP contribution in [0.2, 0.25) is 0 Å². The molecule has 2 atom stereocenters. The first-order valence-electron chi connectivity index (χ1n) is 12.8. The lowest BCUT2D eigenvalue weighted by molar-refractivity contribution is 0.00297. The van der Waals surface area contributed by atoms with E-state index in [0.717, 1.165) is 43.5 Å². The average molecular weight is 595 g/mol. The largest absolute Gasteiger partial charge is 0.493 e. The Morgan fingerprint density at radius 2 is 1.62 bits per heavy atom. The van der Waals surface area contributed by atoms with Crippen molar-refractivity contribution in [2.75, 3.05) is 42.0 Å². The number of aryl methyl sites for hydroxylation is 2. The first-order chi connectivity index (χ1) is 18.6. The Hall–Kier alpha value is -3.20. The summed E-state index contributed by atoms with van der Waals surface area (Å²) in [7, 11) is 8.84. The monoisotopic (exact) mass is 593 g/mol. The van der Waals surface area contributed by atoms with Crippen LogP contribution in [-0.4, -0.2) is 61.9 Å². The van der Waals surface area contributed by atoms with Gasteiger partial charge >= 0.3 is 0 Å². The summed E-state index contributed by atoms with van der Waals surface area (Å²) in [5.74, 6) is 0.930. The summed E-state index contributed by atoms with van der Waals surface area (Å²) in [6.45, 7) is 4.52. The maximum Gasteiger partial charge on any atom is 0.217 e. The Bertz CT molecular complexity index is 1460. The van der Waals surface area contributed by atoms with Crippen LogP contribution >= 0.6 is 15.9 Å². The minimum Gasteiger partial charge on any atom is -0.493 e. The van der Waals surface area contributed by atoms with Crippen LogP contribution in [0.25, 0.3) is 10.9 Å². The predicted octanol–water partition coefficient (Wildman–Crippen LogP) is 6.01. The summed E-state index contributed by atoms with van der Waals surface area (Å²) in [6, 6.07) is 17.6. The topological polar surface area (TPSA) is 76.9 Å². The molecule has 0 aliphatic carbocycles. The van der Waals surface area contributed by atoms with E-state index >= 15 is 0 Å². The van der Waals surface area contributed by atoms with E-state index in [9.17, 15) is 5.11 Å². The Morgan fingerprint density at radius 3 is 2.23 bits per heavy atom. The number of rotatable bonds is 10. The highest BCUT2D eigenvalue weighted by Gasteiger charge is 2.44. The number of para-hydroxylation sites is 1. The highest BCUT2D eigenvalue weighted by Crippen LogP contribution is 2.51. The van der Waals surface area contributed by atoms with E-state index in [0.29, 0.717) is 30.3 Å². The zero-order valence-electron chi connectivity index (χ0n) is 23.6. The molecule has 0 saturated carbocycles. The van der Waals surface area contributed by atoms with Crippen molar-refractivity contribution >= 4 is 26.8 Å².